The first-order valence-corrected chi connectivity index (χ1v) is 13.1. The van der Waals surface area contributed by atoms with Gasteiger partial charge in [-0.05, 0) is 75.8 Å². The summed E-state index contributed by atoms with van der Waals surface area (Å²) in [6.07, 6.45) is 7.16. The van der Waals surface area contributed by atoms with Gasteiger partial charge in [-0.25, -0.2) is 0 Å². The molecule has 1 aromatic carbocycles. The molecule has 3 aromatic rings. The molecule has 3 N–H and O–H groups in total. The van der Waals surface area contributed by atoms with E-state index in [0.29, 0.717) is 5.69 Å². The zero-order valence-electron chi connectivity index (χ0n) is 21.6. The molecule has 5 rings (SSSR count). The van der Waals surface area contributed by atoms with Crippen LogP contribution in [0.5, 0.6) is 0 Å². The number of aliphatic hydroxyl groups excluding tert-OH is 1. The fourth-order valence-corrected chi connectivity index (χ4v) is 5.38. The highest BCUT2D eigenvalue weighted by Crippen LogP contribution is 2.27. The number of aromatic amines is 1. The van der Waals surface area contributed by atoms with Gasteiger partial charge in [0.2, 0.25) is 0 Å². The lowest BCUT2D eigenvalue weighted by molar-refractivity contribution is 0.0791. The molecule has 2 saturated heterocycles. The van der Waals surface area contributed by atoms with Crippen LogP contribution in [-0.4, -0.2) is 79.9 Å². The fraction of sp³-hybridized carbons (Fsp3) is 0.536. The van der Waals surface area contributed by atoms with Crippen LogP contribution in [0, 0.1) is 0 Å². The van der Waals surface area contributed by atoms with Crippen molar-refractivity contribution >= 4 is 16.8 Å². The van der Waals surface area contributed by atoms with Gasteiger partial charge in [-0.3, -0.25) is 24.7 Å². The normalized spacial score (nSPS) is 19.1. The van der Waals surface area contributed by atoms with Crippen LogP contribution in [0.4, 0.5) is 0 Å². The molecule has 0 radical (unpaired) electrons. The maximum absolute atomic E-state index is 13.2. The van der Waals surface area contributed by atoms with E-state index in [4.69, 9.17) is 0 Å². The Balaban J connectivity index is 1.29. The predicted octanol–water partition coefficient (Wildman–Crippen LogP) is 3.57. The van der Waals surface area contributed by atoms with E-state index in [2.05, 4.69) is 57.1 Å². The number of rotatable bonds is 5. The molecule has 0 bridgehead atoms. The molecule has 1 amide bonds. The number of aromatic nitrogens is 3. The van der Waals surface area contributed by atoms with Crippen LogP contribution in [0.2, 0.25) is 0 Å². The Morgan fingerprint density at radius 1 is 1.06 bits per heavy atom. The van der Waals surface area contributed by atoms with E-state index in [9.17, 15) is 9.90 Å². The van der Waals surface area contributed by atoms with Gasteiger partial charge in [0.25, 0.3) is 5.91 Å². The second-order valence-electron chi connectivity index (χ2n) is 11.3. The van der Waals surface area contributed by atoms with Gasteiger partial charge in [-0.1, -0.05) is 6.07 Å². The summed E-state index contributed by atoms with van der Waals surface area (Å²) in [5, 5.41) is 21.2. The van der Waals surface area contributed by atoms with Gasteiger partial charge < -0.3 is 10.4 Å². The molecular weight excluding hydrogens is 452 g/mol. The number of aliphatic hydroxyl groups is 1. The summed E-state index contributed by atoms with van der Waals surface area (Å²) in [7, 11) is 0. The topological polar surface area (TPSA) is 97.4 Å². The van der Waals surface area contributed by atoms with Crippen LogP contribution >= 0.6 is 0 Å². The van der Waals surface area contributed by atoms with Crippen LogP contribution in [0.1, 0.15) is 62.5 Å². The molecule has 8 nitrogen and oxygen atoms in total. The van der Waals surface area contributed by atoms with Crippen molar-refractivity contribution < 1.29 is 9.90 Å². The summed E-state index contributed by atoms with van der Waals surface area (Å²) in [5.41, 5.74) is 4.64. The van der Waals surface area contributed by atoms with Crippen molar-refractivity contribution in [2.24, 2.45) is 0 Å². The van der Waals surface area contributed by atoms with Crippen LogP contribution in [0.3, 0.4) is 0 Å². The van der Waals surface area contributed by atoms with E-state index in [1.807, 2.05) is 30.6 Å². The van der Waals surface area contributed by atoms with Crippen molar-refractivity contribution in [1.82, 2.24) is 30.3 Å². The lowest BCUT2D eigenvalue weighted by Crippen LogP contribution is -2.50. The Morgan fingerprint density at radius 3 is 2.53 bits per heavy atom. The quantitative estimate of drug-likeness (QED) is 0.506. The summed E-state index contributed by atoms with van der Waals surface area (Å²) < 4.78 is 0. The zero-order valence-corrected chi connectivity index (χ0v) is 21.6. The minimum absolute atomic E-state index is 0.119. The number of carbonyl (C=O) groups is 1. The minimum atomic E-state index is -0.171. The number of carbonyl (C=O) groups excluding carboxylic acids is 1. The molecule has 8 heteroatoms. The van der Waals surface area contributed by atoms with Crippen LogP contribution in [0.25, 0.3) is 22.0 Å². The highest BCUT2D eigenvalue weighted by Gasteiger charge is 2.28. The van der Waals surface area contributed by atoms with Crippen LogP contribution in [-0.2, 0) is 6.54 Å². The van der Waals surface area contributed by atoms with Crippen molar-refractivity contribution in [2.75, 3.05) is 26.2 Å². The Hall–Kier alpha value is -2.81. The predicted molar refractivity (Wildman–Crippen MR) is 142 cm³/mol. The van der Waals surface area contributed by atoms with Crippen LogP contribution in [0.15, 0.2) is 36.7 Å². The van der Waals surface area contributed by atoms with E-state index >= 15 is 0 Å². The second-order valence-corrected chi connectivity index (χ2v) is 11.3. The van der Waals surface area contributed by atoms with Crippen molar-refractivity contribution in [1.29, 1.82) is 0 Å². The minimum Gasteiger partial charge on any atom is -0.393 e. The maximum Gasteiger partial charge on any atom is 0.272 e. The molecular formula is C28H38N6O2. The van der Waals surface area contributed by atoms with Gasteiger partial charge in [0.15, 0.2) is 5.69 Å². The first-order chi connectivity index (χ1) is 17.3. The third kappa shape index (κ3) is 5.61. The average Bonchev–Trinajstić information content (AvgIpc) is 3.29. The average molecular weight is 491 g/mol. The summed E-state index contributed by atoms with van der Waals surface area (Å²) in [6.45, 7) is 11.3. The van der Waals surface area contributed by atoms with Gasteiger partial charge in [-0.2, -0.15) is 5.10 Å². The van der Waals surface area contributed by atoms with E-state index in [1.165, 1.54) is 0 Å². The number of benzene rings is 1. The second kappa shape index (κ2) is 10.3. The molecule has 2 aromatic heterocycles. The van der Waals surface area contributed by atoms with Gasteiger partial charge in [0, 0.05) is 67.6 Å². The highest BCUT2D eigenvalue weighted by molar-refractivity contribution is 6.05. The number of nitrogens with zero attached hydrogens (tertiary/aromatic N) is 4. The van der Waals surface area contributed by atoms with Crippen molar-refractivity contribution in [3.8, 4) is 11.1 Å². The molecule has 36 heavy (non-hydrogen) atoms. The highest BCUT2D eigenvalue weighted by atomic mass is 16.3. The van der Waals surface area contributed by atoms with E-state index in [1.54, 1.807) is 0 Å². The Bertz CT molecular complexity index is 1200. The number of pyridine rings is 1. The third-order valence-corrected chi connectivity index (χ3v) is 7.65. The largest absolute Gasteiger partial charge is 0.393 e. The molecule has 0 atom stereocenters. The molecule has 2 aliphatic heterocycles. The Labute approximate surface area is 213 Å². The summed E-state index contributed by atoms with van der Waals surface area (Å²) in [4.78, 5) is 22.5. The number of H-pyrrole nitrogens is 1. The number of nitrogens with one attached hydrogen (secondary N) is 2. The van der Waals surface area contributed by atoms with Crippen molar-refractivity contribution in [3.63, 3.8) is 0 Å². The van der Waals surface area contributed by atoms with Gasteiger partial charge in [0.05, 0.1) is 11.6 Å². The van der Waals surface area contributed by atoms with Crippen molar-refractivity contribution in [3.05, 3.63) is 47.9 Å². The third-order valence-electron chi connectivity index (χ3n) is 7.65. The summed E-state index contributed by atoms with van der Waals surface area (Å²) in [6, 6.07) is 8.40. The fourth-order valence-electron chi connectivity index (χ4n) is 5.38. The first-order valence-electron chi connectivity index (χ1n) is 13.1. The number of piperidine rings is 2. The number of likely N-dealkylation sites (tertiary alicyclic amines) is 2. The number of fused-ring (bicyclic) bond motifs is 1. The van der Waals surface area contributed by atoms with E-state index in [-0.39, 0.29) is 23.6 Å². The Kier molecular flexibility index (Phi) is 7.10. The molecule has 0 aliphatic carbocycles. The van der Waals surface area contributed by atoms with Crippen LogP contribution < -0.4 is 5.32 Å². The van der Waals surface area contributed by atoms with Gasteiger partial charge >= 0.3 is 0 Å². The first kappa shape index (κ1) is 24.9. The molecule has 192 valence electrons. The standard InChI is InChI=1S/C28H38N6O2/c1-28(2,3)34-12-6-22(7-13-34)30-27(36)26-24-15-20(4-5-25(24)31-32-26)21-14-19(16-29-17-21)18-33-10-8-23(35)9-11-33/h4-5,14-17,22-23,35H,6-13,18H2,1-3H3,(H,30,36)(H,31,32). The Morgan fingerprint density at radius 2 is 1.81 bits per heavy atom. The van der Waals surface area contributed by atoms with Crippen molar-refractivity contribution in [2.45, 2.75) is 70.7 Å². The van der Waals surface area contributed by atoms with E-state index in [0.717, 1.165) is 86.0 Å². The lowest BCUT2D eigenvalue weighted by atomic mass is 9.98. The van der Waals surface area contributed by atoms with E-state index < -0.39 is 0 Å². The monoisotopic (exact) mass is 490 g/mol. The molecule has 2 fully saturated rings. The lowest BCUT2D eigenvalue weighted by Gasteiger charge is -2.40. The van der Waals surface area contributed by atoms with Gasteiger partial charge in [0.1, 0.15) is 0 Å². The SMILES string of the molecule is CC(C)(C)N1CCC(NC(=O)c2n[nH]c3ccc(-c4cncc(CN5CCC(O)CC5)c4)cc23)CC1. The number of hydrogen-bond acceptors (Lipinski definition) is 6. The molecule has 0 spiro atoms. The maximum atomic E-state index is 13.2. The molecule has 4 heterocycles. The smallest absolute Gasteiger partial charge is 0.272 e. The number of hydrogen-bond donors (Lipinski definition) is 3. The summed E-state index contributed by atoms with van der Waals surface area (Å²) in [5.74, 6) is -0.119. The molecule has 0 unspecified atom stereocenters. The summed E-state index contributed by atoms with van der Waals surface area (Å²) >= 11 is 0. The zero-order chi connectivity index (χ0) is 25.3. The number of amides is 1. The molecule has 2 aliphatic rings. The molecule has 0 saturated carbocycles. The van der Waals surface area contributed by atoms with Gasteiger partial charge in [-0.15, -0.1) is 0 Å².